The smallest absolute Gasteiger partial charge is 0.0149 e. The van der Waals surface area contributed by atoms with Crippen LogP contribution in [0.4, 0.5) is 0 Å². The molecule has 0 bridgehead atoms. The van der Waals surface area contributed by atoms with Crippen molar-refractivity contribution in [2.45, 2.75) is 41.0 Å². The van der Waals surface area contributed by atoms with Crippen LogP contribution in [0.2, 0.25) is 0 Å². The first-order chi connectivity index (χ1) is 8.61. The summed E-state index contributed by atoms with van der Waals surface area (Å²) in [7, 11) is 0. The van der Waals surface area contributed by atoms with Crippen molar-refractivity contribution >= 4 is 0 Å². The topological polar surface area (TPSA) is 0 Å². The van der Waals surface area contributed by atoms with Crippen LogP contribution in [0.1, 0.15) is 37.0 Å². The lowest BCUT2D eigenvalue weighted by Gasteiger charge is -2.10. The van der Waals surface area contributed by atoms with Crippen molar-refractivity contribution in [3.63, 3.8) is 0 Å². The summed E-state index contributed by atoms with van der Waals surface area (Å²) in [5, 5.41) is 0. The minimum absolute atomic E-state index is 1.25. The molecule has 0 aliphatic carbocycles. The Morgan fingerprint density at radius 3 is 1.78 bits per heavy atom. The van der Waals surface area contributed by atoms with Crippen molar-refractivity contribution in [3.8, 4) is 11.1 Å². The van der Waals surface area contributed by atoms with Crippen molar-refractivity contribution < 1.29 is 0 Å². The molecule has 0 heteroatoms. The van der Waals surface area contributed by atoms with Crippen LogP contribution in [-0.4, -0.2) is 0 Å². The molecule has 0 fully saturated rings. The number of rotatable bonds is 1. The van der Waals surface area contributed by atoms with E-state index in [2.05, 4.69) is 77.1 Å². The highest BCUT2D eigenvalue weighted by Crippen LogP contribution is 2.27. The minimum atomic E-state index is 1.25. The predicted molar refractivity (Wildman–Crippen MR) is 82.1 cm³/mol. The molecule has 0 heterocycles. The molecule has 96 valence electrons. The first-order valence-electron chi connectivity index (χ1n) is 6.74. The van der Waals surface area contributed by atoms with E-state index in [-0.39, 0.29) is 0 Å². The zero-order valence-electron chi connectivity index (χ0n) is 12.2. The van der Waals surface area contributed by atoms with E-state index in [0.29, 0.717) is 0 Å². The largest absolute Gasteiger partial charge is 0.0656 e. The lowest BCUT2D eigenvalue weighted by Crippen LogP contribution is -1.88. The Kier molecular flexibility index (Phi) is 5.64. The third-order valence-electron chi connectivity index (χ3n) is 3.04. The number of benzene rings is 2. The molecule has 2 rings (SSSR count). The van der Waals surface area contributed by atoms with Gasteiger partial charge in [0.15, 0.2) is 0 Å². The summed E-state index contributed by atoms with van der Waals surface area (Å²) in [6, 6.07) is 15.0. The van der Waals surface area contributed by atoms with E-state index in [4.69, 9.17) is 0 Å². The van der Waals surface area contributed by atoms with Gasteiger partial charge in [-0.2, -0.15) is 0 Å². The fraction of sp³-hybridized carbons (Fsp3) is 0.333. The van der Waals surface area contributed by atoms with E-state index in [1.54, 1.807) is 0 Å². The summed E-state index contributed by atoms with van der Waals surface area (Å²) in [5.41, 5.74) is 6.78. The van der Waals surface area contributed by atoms with Crippen LogP contribution in [0.25, 0.3) is 11.1 Å². The first kappa shape index (κ1) is 14.5. The van der Waals surface area contributed by atoms with Crippen LogP contribution in [0.5, 0.6) is 0 Å². The van der Waals surface area contributed by atoms with Crippen LogP contribution in [0, 0.1) is 20.8 Å². The van der Waals surface area contributed by atoms with Crippen molar-refractivity contribution in [1.29, 1.82) is 0 Å². The zero-order chi connectivity index (χ0) is 13.5. The highest BCUT2D eigenvalue weighted by Gasteiger charge is 2.04. The Hall–Kier alpha value is -1.56. The summed E-state index contributed by atoms with van der Waals surface area (Å²) in [5.74, 6) is 0. The molecule has 0 aromatic heterocycles. The molecule has 0 aliphatic heterocycles. The van der Waals surface area contributed by atoms with Crippen LogP contribution < -0.4 is 0 Å². The second-order valence-electron chi connectivity index (χ2n) is 4.77. The van der Waals surface area contributed by atoms with E-state index in [1.165, 1.54) is 34.2 Å². The molecule has 0 N–H and O–H groups in total. The standard InChI is InChI=1S/C15H16.C3H8/c1-11-8-6-10-15(13(11)3)14-9-5-4-7-12(14)2;1-3-2/h4-10H,1-3H3;3H2,1-2H3. The van der Waals surface area contributed by atoms with Gasteiger partial charge in [0.2, 0.25) is 0 Å². The molecule has 0 spiro atoms. The maximum Gasteiger partial charge on any atom is -0.0149 e. The van der Waals surface area contributed by atoms with Crippen LogP contribution in [0.15, 0.2) is 42.5 Å². The predicted octanol–water partition coefficient (Wildman–Crippen LogP) is 5.70. The first-order valence-corrected chi connectivity index (χ1v) is 6.74. The van der Waals surface area contributed by atoms with E-state index < -0.39 is 0 Å². The van der Waals surface area contributed by atoms with Gasteiger partial charge in [0.25, 0.3) is 0 Å². The van der Waals surface area contributed by atoms with Crippen LogP contribution >= 0.6 is 0 Å². The highest BCUT2D eigenvalue weighted by atomic mass is 14.1. The molecule has 0 saturated heterocycles. The third-order valence-corrected chi connectivity index (χ3v) is 3.04. The molecular weight excluding hydrogens is 216 g/mol. The average Bonchev–Trinajstić information content (AvgIpc) is 2.35. The minimum Gasteiger partial charge on any atom is -0.0656 e. The van der Waals surface area contributed by atoms with Gasteiger partial charge >= 0.3 is 0 Å². The SMILES string of the molecule is CCC.Cc1ccccc1-c1cccc(C)c1C. The lowest BCUT2D eigenvalue weighted by atomic mass is 9.94. The molecule has 2 aromatic rings. The maximum absolute atomic E-state index is 2.20. The molecule has 0 aliphatic rings. The Bertz CT molecular complexity index is 495. The highest BCUT2D eigenvalue weighted by molar-refractivity contribution is 5.71. The molecule has 0 nitrogen and oxygen atoms in total. The monoisotopic (exact) mass is 240 g/mol. The Morgan fingerprint density at radius 2 is 1.17 bits per heavy atom. The molecule has 0 atom stereocenters. The molecule has 0 radical (unpaired) electrons. The fourth-order valence-corrected chi connectivity index (χ4v) is 1.92. The van der Waals surface area contributed by atoms with Crippen molar-refractivity contribution in [3.05, 3.63) is 59.2 Å². The van der Waals surface area contributed by atoms with Gasteiger partial charge in [-0.3, -0.25) is 0 Å². The molecule has 0 amide bonds. The molecular formula is C18H24. The van der Waals surface area contributed by atoms with E-state index in [0.717, 1.165) is 0 Å². The van der Waals surface area contributed by atoms with Gasteiger partial charge in [0.1, 0.15) is 0 Å². The third kappa shape index (κ3) is 3.46. The Labute approximate surface area is 112 Å². The number of aryl methyl sites for hydroxylation is 2. The quantitative estimate of drug-likeness (QED) is 0.600. The molecule has 18 heavy (non-hydrogen) atoms. The summed E-state index contributed by atoms with van der Waals surface area (Å²) >= 11 is 0. The molecule has 0 saturated carbocycles. The maximum atomic E-state index is 2.20. The second kappa shape index (κ2) is 7.00. The van der Waals surface area contributed by atoms with E-state index in [9.17, 15) is 0 Å². The fourth-order valence-electron chi connectivity index (χ4n) is 1.92. The van der Waals surface area contributed by atoms with Crippen molar-refractivity contribution in [2.75, 3.05) is 0 Å². The van der Waals surface area contributed by atoms with Gasteiger partial charge in [0, 0.05) is 0 Å². The van der Waals surface area contributed by atoms with Gasteiger partial charge in [-0.15, -0.1) is 0 Å². The van der Waals surface area contributed by atoms with Gasteiger partial charge in [-0.1, -0.05) is 62.7 Å². The van der Waals surface area contributed by atoms with Crippen molar-refractivity contribution in [2.24, 2.45) is 0 Å². The van der Waals surface area contributed by atoms with Crippen LogP contribution in [-0.2, 0) is 0 Å². The van der Waals surface area contributed by atoms with Gasteiger partial charge in [0.05, 0.1) is 0 Å². The lowest BCUT2D eigenvalue weighted by molar-refractivity contribution is 1.09. The van der Waals surface area contributed by atoms with Crippen molar-refractivity contribution in [1.82, 2.24) is 0 Å². The van der Waals surface area contributed by atoms with Gasteiger partial charge < -0.3 is 0 Å². The van der Waals surface area contributed by atoms with E-state index >= 15 is 0 Å². The summed E-state index contributed by atoms with van der Waals surface area (Å²) in [4.78, 5) is 0. The normalized spacial score (nSPS) is 9.61. The number of hydrogen-bond donors (Lipinski definition) is 0. The summed E-state index contributed by atoms with van der Waals surface area (Å²) in [6.07, 6.45) is 1.25. The molecule has 2 aromatic carbocycles. The van der Waals surface area contributed by atoms with Gasteiger partial charge in [-0.25, -0.2) is 0 Å². The molecule has 0 unspecified atom stereocenters. The van der Waals surface area contributed by atoms with Gasteiger partial charge in [-0.05, 0) is 48.6 Å². The number of hydrogen-bond acceptors (Lipinski definition) is 0. The second-order valence-corrected chi connectivity index (χ2v) is 4.77. The average molecular weight is 240 g/mol. The summed E-state index contributed by atoms with van der Waals surface area (Å²) in [6.45, 7) is 10.8. The zero-order valence-corrected chi connectivity index (χ0v) is 12.2. The Morgan fingerprint density at radius 1 is 0.667 bits per heavy atom. The van der Waals surface area contributed by atoms with E-state index in [1.807, 2.05) is 0 Å². The summed E-state index contributed by atoms with van der Waals surface area (Å²) < 4.78 is 0. The van der Waals surface area contributed by atoms with Crippen LogP contribution in [0.3, 0.4) is 0 Å². The Balaban J connectivity index is 0.000000492.